The molecule has 4 aromatic rings. The van der Waals surface area contributed by atoms with Gasteiger partial charge in [-0.25, -0.2) is 4.98 Å². The van der Waals surface area contributed by atoms with Gasteiger partial charge in [0.05, 0.1) is 17.9 Å². The topological polar surface area (TPSA) is 49.6 Å². The van der Waals surface area contributed by atoms with E-state index in [-0.39, 0.29) is 11.9 Å². The number of nitrogens with zero attached hydrogens (tertiary/aromatic N) is 3. The van der Waals surface area contributed by atoms with Gasteiger partial charge in [-0.2, -0.15) is 0 Å². The molecule has 0 aliphatic heterocycles. The third-order valence-electron chi connectivity index (χ3n) is 5.49. The zero-order valence-electron chi connectivity index (χ0n) is 17.8. The quantitative estimate of drug-likeness (QED) is 0.537. The van der Waals surface area contributed by atoms with Crippen LogP contribution in [0.1, 0.15) is 38.8 Å². The number of anilines is 1. The predicted molar refractivity (Wildman–Crippen MR) is 121 cm³/mol. The maximum absolute atomic E-state index is 13.2. The van der Waals surface area contributed by atoms with Crippen molar-refractivity contribution in [1.29, 1.82) is 0 Å². The van der Waals surface area contributed by atoms with Gasteiger partial charge < -0.3 is 14.6 Å². The third kappa shape index (κ3) is 3.66. The number of carbonyl (C=O) groups excluding carboxylic acids is 1. The van der Waals surface area contributed by atoms with E-state index < -0.39 is 0 Å². The first-order valence-corrected chi connectivity index (χ1v) is 10.0. The van der Waals surface area contributed by atoms with Crippen LogP contribution >= 0.6 is 0 Å². The maximum atomic E-state index is 13.2. The maximum Gasteiger partial charge on any atom is 0.252 e. The van der Waals surface area contributed by atoms with E-state index in [0.717, 1.165) is 33.7 Å². The number of hydrogen-bond donors (Lipinski definition) is 1. The minimum absolute atomic E-state index is 0.112. The van der Waals surface area contributed by atoms with E-state index in [1.54, 1.807) is 0 Å². The minimum atomic E-state index is -0.315. The average Bonchev–Trinajstić information content (AvgIpc) is 3.17. The third-order valence-corrected chi connectivity index (χ3v) is 5.49. The Balaban J connectivity index is 1.77. The second-order valence-electron chi connectivity index (χ2n) is 7.77. The fraction of sp³-hybridized carbons (Fsp3) is 0.200. The second-order valence-corrected chi connectivity index (χ2v) is 7.77. The van der Waals surface area contributed by atoms with Crippen molar-refractivity contribution in [3.63, 3.8) is 0 Å². The summed E-state index contributed by atoms with van der Waals surface area (Å²) in [5.74, 6) is -0.112. The number of benzene rings is 2. The number of nitrogens with one attached hydrogen (secondary N) is 1. The molecule has 0 aliphatic carbocycles. The summed E-state index contributed by atoms with van der Waals surface area (Å²) >= 11 is 0. The predicted octanol–water partition coefficient (Wildman–Crippen LogP) is 4.54. The molecule has 30 heavy (non-hydrogen) atoms. The van der Waals surface area contributed by atoms with Gasteiger partial charge in [0.15, 0.2) is 0 Å². The van der Waals surface area contributed by atoms with Crippen LogP contribution in [0.2, 0.25) is 0 Å². The van der Waals surface area contributed by atoms with Gasteiger partial charge in [0, 0.05) is 31.5 Å². The van der Waals surface area contributed by atoms with Crippen LogP contribution in [0.3, 0.4) is 0 Å². The molecule has 2 aromatic heterocycles. The molecule has 1 amide bonds. The molecule has 4 rings (SSSR count). The van der Waals surface area contributed by atoms with Gasteiger partial charge in [-0.3, -0.25) is 4.79 Å². The van der Waals surface area contributed by atoms with E-state index in [1.807, 2.05) is 84.3 Å². The summed E-state index contributed by atoms with van der Waals surface area (Å²) in [6.07, 6.45) is 3.83. The van der Waals surface area contributed by atoms with Crippen LogP contribution in [-0.2, 0) is 0 Å². The van der Waals surface area contributed by atoms with E-state index in [2.05, 4.69) is 36.3 Å². The van der Waals surface area contributed by atoms with Crippen LogP contribution in [-0.4, -0.2) is 29.4 Å². The highest BCUT2D eigenvalue weighted by molar-refractivity contribution is 5.95. The van der Waals surface area contributed by atoms with Gasteiger partial charge in [0.1, 0.15) is 5.65 Å². The average molecular weight is 399 g/mol. The van der Waals surface area contributed by atoms with Crippen molar-refractivity contribution in [2.24, 2.45) is 0 Å². The molecule has 0 fully saturated rings. The molecule has 5 nitrogen and oxygen atoms in total. The van der Waals surface area contributed by atoms with Crippen LogP contribution in [0.15, 0.2) is 73.1 Å². The number of fused-ring (bicyclic) bond motifs is 1. The molecule has 0 radical (unpaired) electrons. The van der Waals surface area contributed by atoms with Crippen LogP contribution in [0.4, 0.5) is 5.69 Å². The van der Waals surface area contributed by atoms with E-state index in [0.29, 0.717) is 5.56 Å². The van der Waals surface area contributed by atoms with Crippen molar-refractivity contribution in [3.8, 4) is 0 Å². The van der Waals surface area contributed by atoms with Crippen molar-refractivity contribution in [2.45, 2.75) is 19.9 Å². The fourth-order valence-corrected chi connectivity index (χ4v) is 3.87. The van der Waals surface area contributed by atoms with Gasteiger partial charge in [-0.05, 0) is 66.9 Å². The van der Waals surface area contributed by atoms with E-state index in [9.17, 15) is 4.79 Å². The lowest BCUT2D eigenvalue weighted by Gasteiger charge is -2.23. The molecule has 2 heterocycles. The number of imidazole rings is 1. The van der Waals surface area contributed by atoms with Crippen molar-refractivity contribution in [3.05, 3.63) is 101 Å². The Morgan fingerprint density at radius 3 is 2.33 bits per heavy atom. The van der Waals surface area contributed by atoms with Gasteiger partial charge in [0.25, 0.3) is 5.91 Å². The van der Waals surface area contributed by atoms with Crippen LogP contribution in [0.25, 0.3) is 5.65 Å². The van der Waals surface area contributed by atoms with Gasteiger partial charge in [0.2, 0.25) is 0 Å². The number of aryl methyl sites for hydroxylation is 2. The highest BCUT2D eigenvalue weighted by Gasteiger charge is 2.24. The Hall–Kier alpha value is -3.60. The summed E-state index contributed by atoms with van der Waals surface area (Å²) in [6, 6.07) is 19.4. The van der Waals surface area contributed by atoms with Crippen LogP contribution in [0, 0.1) is 13.8 Å². The molecular weight excluding hydrogens is 372 g/mol. The first-order chi connectivity index (χ1) is 14.5. The summed E-state index contributed by atoms with van der Waals surface area (Å²) in [5.41, 5.74) is 6.84. The van der Waals surface area contributed by atoms with Crippen molar-refractivity contribution in [1.82, 2.24) is 14.7 Å². The smallest absolute Gasteiger partial charge is 0.252 e. The Morgan fingerprint density at radius 2 is 1.67 bits per heavy atom. The first-order valence-electron chi connectivity index (χ1n) is 10.0. The van der Waals surface area contributed by atoms with Gasteiger partial charge >= 0.3 is 0 Å². The second kappa shape index (κ2) is 8.03. The van der Waals surface area contributed by atoms with Crippen molar-refractivity contribution >= 4 is 17.2 Å². The lowest BCUT2D eigenvalue weighted by molar-refractivity contribution is 0.0942. The molecule has 0 aliphatic rings. The van der Waals surface area contributed by atoms with Gasteiger partial charge in [-0.15, -0.1) is 0 Å². The van der Waals surface area contributed by atoms with Crippen molar-refractivity contribution in [2.75, 3.05) is 19.0 Å². The van der Waals surface area contributed by atoms with E-state index >= 15 is 0 Å². The molecule has 5 heteroatoms. The summed E-state index contributed by atoms with van der Waals surface area (Å²) in [5, 5.41) is 3.26. The lowest BCUT2D eigenvalue weighted by atomic mass is 9.94. The Kier molecular flexibility index (Phi) is 5.27. The van der Waals surface area contributed by atoms with Crippen LogP contribution in [0.5, 0.6) is 0 Å². The first kappa shape index (κ1) is 19.7. The van der Waals surface area contributed by atoms with E-state index in [1.165, 1.54) is 0 Å². The Morgan fingerprint density at radius 1 is 0.967 bits per heavy atom. The SMILES string of the molecule is Cc1cccc(C)c1C(NC(=O)c1ccc(N(C)C)cc1)c1cnc2ccccn12. The molecular formula is C25H26N4O. The summed E-state index contributed by atoms with van der Waals surface area (Å²) < 4.78 is 2.03. The largest absolute Gasteiger partial charge is 0.378 e. The molecule has 0 bridgehead atoms. The fourth-order valence-electron chi connectivity index (χ4n) is 3.87. The van der Waals surface area contributed by atoms with E-state index in [4.69, 9.17) is 0 Å². The van der Waals surface area contributed by atoms with Crippen molar-refractivity contribution < 1.29 is 4.79 Å². The normalized spacial score (nSPS) is 12.0. The number of rotatable bonds is 5. The minimum Gasteiger partial charge on any atom is -0.378 e. The monoisotopic (exact) mass is 398 g/mol. The summed E-state index contributed by atoms with van der Waals surface area (Å²) in [6.45, 7) is 4.16. The Bertz CT molecular complexity index is 1170. The molecule has 0 saturated carbocycles. The highest BCUT2D eigenvalue weighted by atomic mass is 16.1. The Labute approximate surface area is 177 Å². The van der Waals surface area contributed by atoms with Gasteiger partial charge in [-0.1, -0.05) is 24.3 Å². The molecule has 152 valence electrons. The molecule has 1 N–H and O–H groups in total. The molecule has 1 unspecified atom stereocenters. The van der Waals surface area contributed by atoms with Crippen LogP contribution < -0.4 is 10.2 Å². The molecule has 2 aromatic carbocycles. The summed E-state index contributed by atoms with van der Waals surface area (Å²) in [7, 11) is 3.97. The highest BCUT2D eigenvalue weighted by Crippen LogP contribution is 2.29. The molecule has 0 saturated heterocycles. The summed E-state index contributed by atoms with van der Waals surface area (Å²) in [4.78, 5) is 19.8. The standard InChI is InChI=1S/C25H26N4O/c1-17-8-7-9-18(2)23(17)24(21-16-26-22-10-5-6-15-29(21)22)27-25(30)19-11-13-20(14-12-19)28(3)4/h5-16,24H,1-4H3,(H,27,30). The number of amides is 1. The number of aromatic nitrogens is 2. The zero-order valence-corrected chi connectivity index (χ0v) is 17.8. The number of pyridine rings is 1. The zero-order chi connectivity index (χ0) is 21.3. The molecule has 1 atom stereocenters. The molecule has 0 spiro atoms. The number of hydrogen-bond acceptors (Lipinski definition) is 3. The number of carbonyl (C=O) groups is 1. The lowest BCUT2D eigenvalue weighted by Crippen LogP contribution is -2.31.